The van der Waals surface area contributed by atoms with Gasteiger partial charge in [0.15, 0.2) is 0 Å². The summed E-state index contributed by atoms with van der Waals surface area (Å²) in [5.74, 6) is -1.13. The molecular weight excluding hydrogens is 303 g/mol. The Morgan fingerprint density at radius 3 is 2.89 bits per heavy atom. The van der Waals surface area contributed by atoms with Gasteiger partial charge in [0.05, 0.1) is 0 Å². The first-order valence-electron chi connectivity index (χ1n) is 5.53. The van der Waals surface area contributed by atoms with Crippen LogP contribution in [-0.2, 0) is 4.79 Å². The Hall–Kier alpha value is -1.43. The predicted octanol–water partition coefficient (Wildman–Crippen LogP) is 1.51. The molecule has 18 heavy (non-hydrogen) atoms. The van der Waals surface area contributed by atoms with Crippen LogP contribution >= 0.6 is 15.9 Å². The number of carbonyl (C=O) groups excluding carboxylic acids is 2. The van der Waals surface area contributed by atoms with Crippen molar-refractivity contribution in [2.24, 2.45) is 0 Å². The topological polar surface area (TPSA) is 58.2 Å². The van der Waals surface area contributed by atoms with Gasteiger partial charge in [-0.25, -0.2) is 4.39 Å². The van der Waals surface area contributed by atoms with Crippen molar-refractivity contribution in [1.29, 1.82) is 0 Å². The third-order valence-corrected chi connectivity index (χ3v) is 3.73. The van der Waals surface area contributed by atoms with Crippen molar-refractivity contribution in [1.82, 2.24) is 10.6 Å². The summed E-state index contributed by atoms with van der Waals surface area (Å²) in [6, 6.07) is 1.94. The van der Waals surface area contributed by atoms with Crippen LogP contribution in [0.15, 0.2) is 16.6 Å². The molecule has 1 aromatic rings. The van der Waals surface area contributed by atoms with Gasteiger partial charge in [-0.05, 0) is 31.0 Å². The molecule has 1 aliphatic heterocycles. The van der Waals surface area contributed by atoms with Crippen LogP contribution in [0.3, 0.4) is 0 Å². The molecule has 0 aromatic heterocycles. The molecule has 2 rings (SSSR count). The van der Waals surface area contributed by atoms with E-state index in [1.54, 1.807) is 6.92 Å². The normalized spacial score (nSPS) is 18.6. The highest BCUT2D eigenvalue weighted by Gasteiger charge is 2.26. The molecule has 1 heterocycles. The lowest BCUT2D eigenvalue weighted by Crippen LogP contribution is -2.40. The second-order valence-corrected chi connectivity index (χ2v) is 5.02. The molecular formula is C12H12BrFN2O2. The molecule has 0 unspecified atom stereocenters. The number of amides is 2. The lowest BCUT2D eigenvalue weighted by molar-refractivity contribution is -0.120. The number of hydrogen-bond acceptors (Lipinski definition) is 2. The first-order chi connectivity index (χ1) is 8.49. The quantitative estimate of drug-likeness (QED) is 0.869. The van der Waals surface area contributed by atoms with Gasteiger partial charge in [-0.3, -0.25) is 9.59 Å². The predicted molar refractivity (Wildman–Crippen MR) is 67.7 cm³/mol. The molecule has 1 atom stereocenters. The number of hydrogen-bond donors (Lipinski definition) is 2. The summed E-state index contributed by atoms with van der Waals surface area (Å²) in [5.41, 5.74) is 0.883. The van der Waals surface area contributed by atoms with E-state index in [1.807, 2.05) is 0 Å². The first-order valence-corrected chi connectivity index (χ1v) is 6.32. The highest BCUT2D eigenvalue weighted by Crippen LogP contribution is 2.21. The van der Waals surface area contributed by atoms with Crippen molar-refractivity contribution in [2.45, 2.75) is 19.4 Å². The van der Waals surface area contributed by atoms with Crippen LogP contribution in [-0.4, -0.2) is 24.4 Å². The minimum Gasteiger partial charge on any atom is -0.354 e. The molecule has 0 saturated carbocycles. The molecule has 0 aliphatic carbocycles. The second kappa shape index (κ2) is 5.06. The number of nitrogens with one attached hydrogen (secondary N) is 2. The summed E-state index contributed by atoms with van der Waals surface area (Å²) in [4.78, 5) is 23.3. The smallest absolute Gasteiger partial charge is 0.252 e. The van der Waals surface area contributed by atoms with Gasteiger partial charge in [0.25, 0.3) is 5.91 Å². The van der Waals surface area contributed by atoms with E-state index in [2.05, 4.69) is 26.6 Å². The summed E-state index contributed by atoms with van der Waals surface area (Å²) >= 11 is 3.19. The summed E-state index contributed by atoms with van der Waals surface area (Å²) in [7, 11) is 0. The van der Waals surface area contributed by atoms with Gasteiger partial charge < -0.3 is 10.6 Å². The molecule has 1 aromatic carbocycles. The first kappa shape index (κ1) is 13.0. The minimum atomic E-state index is -0.529. The highest BCUT2D eigenvalue weighted by molar-refractivity contribution is 9.10. The van der Waals surface area contributed by atoms with Gasteiger partial charge in [-0.2, -0.15) is 0 Å². The number of benzene rings is 1. The molecule has 1 fully saturated rings. The average molecular weight is 315 g/mol. The van der Waals surface area contributed by atoms with E-state index in [1.165, 1.54) is 12.1 Å². The molecule has 2 amide bonds. The Morgan fingerprint density at radius 1 is 1.56 bits per heavy atom. The van der Waals surface area contributed by atoms with E-state index >= 15 is 0 Å². The van der Waals surface area contributed by atoms with Crippen molar-refractivity contribution >= 4 is 27.7 Å². The molecule has 2 N–H and O–H groups in total. The van der Waals surface area contributed by atoms with Crippen LogP contribution < -0.4 is 10.6 Å². The van der Waals surface area contributed by atoms with Gasteiger partial charge in [0, 0.05) is 16.6 Å². The molecule has 6 heteroatoms. The summed E-state index contributed by atoms with van der Waals surface area (Å²) in [6.07, 6.45) is 0.556. The van der Waals surface area contributed by atoms with Crippen molar-refractivity contribution < 1.29 is 14.0 Å². The summed E-state index contributed by atoms with van der Waals surface area (Å²) in [6.45, 7) is 2.27. The maximum atomic E-state index is 13.3. The standard InChI is InChI=1S/C12H12BrFN2O2/c1-6-8(4-7(14)5-9(6)13)11(17)16-10-2-3-15-12(10)18/h4-5,10H,2-3H2,1H3,(H,15,18)(H,16,17)/t10-/m0/s1. The number of carbonyl (C=O) groups is 2. The monoisotopic (exact) mass is 314 g/mol. The second-order valence-electron chi connectivity index (χ2n) is 4.17. The maximum Gasteiger partial charge on any atom is 0.252 e. The average Bonchev–Trinajstić information content (AvgIpc) is 2.69. The summed E-state index contributed by atoms with van der Waals surface area (Å²) in [5, 5.41) is 5.23. The number of rotatable bonds is 2. The van der Waals surface area contributed by atoms with Gasteiger partial charge in [0.2, 0.25) is 5.91 Å². The van der Waals surface area contributed by atoms with Crippen molar-refractivity contribution in [3.63, 3.8) is 0 Å². The van der Waals surface area contributed by atoms with E-state index in [4.69, 9.17) is 0 Å². The van der Waals surface area contributed by atoms with E-state index in [-0.39, 0.29) is 11.5 Å². The van der Waals surface area contributed by atoms with Crippen LogP contribution in [0, 0.1) is 12.7 Å². The molecule has 0 radical (unpaired) electrons. The van der Waals surface area contributed by atoms with Crippen LogP contribution in [0.25, 0.3) is 0 Å². The Labute approximate surface area is 112 Å². The van der Waals surface area contributed by atoms with Crippen LogP contribution in [0.4, 0.5) is 4.39 Å². The molecule has 4 nitrogen and oxygen atoms in total. The highest BCUT2D eigenvalue weighted by atomic mass is 79.9. The zero-order valence-corrected chi connectivity index (χ0v) is 11.3. The largest absolute Gasteiger partial charge is 0.354 e. The SMILES string of the molecule is Cc1c(Br)cc(F)cc1C(=O)N[C@H]1CCNC1=O. The zero-order chi connectivity index (χ0) is 13.3. The van der Waals surface area contributed by atoms with Crippen molar-refractivity contribution in [3.05, 3.63) is 33.5 Å². The van der Waals surface area contributed by atoms with Crippen molar-refractivity contribution in [3.8, 4) is 0 Å². The van der Waals surface area contributed by atoms with Gasteiger partial charge >= 0.3 is 0 Å². The Kier molecular flexibility index (Phi) is 3.65. The van der Waals surface area contributed by atoms with E-state index in [0.29, 0.717) is 23.0 Å². The van der Waals surface area contributed by atoms with Crippen molar-refractivity contribution in [2.75, 3.05) is 6.54 Å². The Morgan fingerprint density at radius 2 is 2.28 bits per heavy atom. The molecule has 1 saturated heterocycles. The fourth-order valence-corrected chi connectivity index (χ4v) is 2.28. The fraction of sp³-hybridized carbons (Fsp3) is 0.333. The zero-order valence-electron chi connectivity index (χ0n) is 9.72. The lowest BCUT2D eigenvalue weighted by Gasteiger charge is -2.12. The molecule has 0 bridgehead atoms. The molecule has 1 aliphatic rings. The molecule has 96 valence electrons. The van der Waals surface area contributed by atoms with E-state index in [0.717, 1.165) is 0 Å². The van der Waals surface area contributed by atoms with Crippen LogP contribution in [0.5, 0.6) is 0 Å². The van der Waals surface area contributed by atoms with E-state index in [9.17, 15) is 14.0 Å². The third kappa shape index (κ3) is 2.53. The summed E-state index contributed by atoms with van der Waals surface area (Å²) < 4.78 is 13.8. The van der Waals surface area contributed by atoms with Crippen LogP contribution in [0.1, 0.15) is 22.3 Å². The number of halogens is 2. The van der Waals surface area contributed by atoms with Gasteiger partial charge in [-0.1, -0.05) is 15.9 Å². The van der Waals surface area contributed by atoms with E-state index < -0.39 is 17.8 Å². The third-order valence-electron chi connectivity index (χ3n) is 2.91. The Balaban J connectivity index is 2.21. The maximum absolute atomic E-state index is 13.3. The minimum absolute atomic E-state index is 0.198. The molecule has 0 spiro atoms. The fourth-order valence-electron chi connectivity index (χ4n) is 1.85. The van der Waals surface area contributed by atoms with Crippen LogP contribution in [0.2, 0.25) is 0 Å². The van der Waals surface area contributed by atoms with Gasteiger partial charge in [-0.15, -0.1) is 0 Å². The van der Waals surface area contributed by atoms with Gasteiger partial charge in [0.1, 0.15) is 11.9 Å². The Bertz CT molecular complexity index is 519. The lowest BCUT2D eigenvalue weighted by atomic mass is 10.1.